The molecule has 342 valence electrons. The van der Waals surface area contributed by atoms with Crippen LogP contribution in [0.1, 0.15) is 114 Å². The van der Waals surface area contributed by atoms with E-state index < -0.39 is 18.2 Å². The van der Waals surface area contributed by atoms with Gasteiger partial charge in [-0.25, -0.2) is 9.59 Å². The molecule has 2 aliphatic rings. The Kier molecular flexibility index (Phi) is 18.5. The van der Waals surface area contributed by atoms with Gasteiger partial charge in [-0.1, -0.05) is 180 Å². The number of rotatable bonds is 22. The summed E-state index contributed by atoms with van der Waals surface area (Å²) in [4.78, 5) is 40.1. The number of carbonyl (C=O) groups excluding carboxylic acids is 3. The molecule has 0 saturated carbocycles. The summed E-state index contributed by atoms with van der Waals surface area (Å²) in [7, 11) is 0. The fourth-order valence-corrected chi connectivity index (χ4v) is 8.71. The predicted octanol–water partition coefficient (Wildman–Crippen LogP) is 14.2. The van der Waals surface area contributed by atoms with Crippen molar-refractivity contribution < 1.29 is 23.9 Å². The van der Waals surface area contributed by atoms with Crippen molar-refractivity contribution in [3.05, 3.63) is 202 Å². The molecule has 0 bridgehead atoms. The van der Waals surface area contributed by atoms with Gasteiger partial charge < -0.3 is 20.1 Å². The summed E-state index contributed by atoms with van der Waals surface area (Å²) >= 11 is 0. The van der Waals surface area contributed by atoms with Gasteiger partial charge in [-0.15, -0.1) is 0 Å². The van der Waals surface area contributed by atoms with Crippen LogP contribution in [0, 0.1) is 0 Å². The summed E-state index contributed by atoms with van der Waals surface area (Å²) in [6.45, 7) is 11.2. The second kappa shape index (κ2) is 25.1. The normalized spacial score (nSPS) is 14.6. The first-order valence-corrected chi connectivity index (χ1v) is 23.5. The number of Topliss-reactive ketones (excluding diaryl/α,β-unsaturated/α-hetero) is 1. The van der Waals surface area contributed by atoms with Crippen LogP contribution in [0.15, 0.2) is 180 Å². The molecule has 0 unspecified atom stereocenters. The summed E-state index contributed by atoms with van der Waals surface area (Å²) in [6, 6.07) is 32.2. The first kappa shape index (κ1) is 48.7. The predicted molar refractivity (Wildman–Crippen MR) is 271 cm³/mol. The molecule has 4 aromatic rings. The van der Waals surface area contributed by atoms with Gasteiger partial charge in [-0.05, 0) is 118 Å². The number of benzene rings is 4. The molecular weight excluding hydrogens is 817 g/mol. The molecule has 66 heavy (non-hydrogen) atoms. The van der Waals surface area contributed by atoms with Crippen LogP contribution < -0.4 is 10.6 Å². The smallest absolute Gasteiger partial charge is 0.407 e. The Morgan fingerprint density at radius 3 is 1.59 bits per heavy atom. The van der Waals surface area contributed by atoms with Gasteiger partial charge in [0, 0.05) is 24.8 Å². The van der Waals surface area contributed by atoms with E-state index in [4.69, 9.17) is 9.47 Å². The van der Waals surface area contributed by atoms with Crippen molar-refractivity contribution in [2.24, 2.45) is 0 Å². The number of nitrogens with one attached hydrogen (secondary N) is 2. The van der Waals surface area contributed by atoms with Gasteiger partial charge in [-0.3, -0.25) is 4.79 Å². The number of hydrogen-bond donors (Lipinski definition) is 2. The second-order valence-corrected chi connectivity index (χ2v) is 17.4. The number of carbonyl (C=O) groups is 3. The number of ketones is 1. The third kappa shape index (κ3) is 13.9. The maximum Gasteiger partial charge on any atom is 0.407 e. The van der Waals surface area contributed by atoms with Crippen molar-refractivity contribution in [1.82, 2.24) is 10.6 Å². The van der Waals surface area contributed by atoms with E-state index in [0.717, 1.165) is 51.8 Å². The van der Waals surface area contributed by atoms with E-state index in [0.29, 0.717) is 38.6 Å². The lowest BCUT2D eigenvalue weighted by Crippen LogP contribution is -2.41. The standard InChI is InChI=1S/C59H66N2O5/c1-6-7-21-42(2)22-18-23-43(3)24-19-25-44(4)26-20-27-45(5)37-38-57(62)56(61-59(64)66-41-55-52-34-14-10-30-48(52)49-31-11-15-35-53(49)55)36-16-17-39-60-58(63)65-40-54-50-32-12-8-28-46(50)47-29-9-13-33-51(47)54/h6-15,18-19,21-25,27-35,54-56H,16-17,20,26,36-41H2,1-5H3,(H,60,63)(H,61,64)/b7-6+,22-18+,24-19+,42-21+,43-23+,44-25+,45-27+/t56-/m1/s1. The molecule has 0 heterocycles. The van der Waals surface area contributed by atoms with Crippen molar-refractivity contribution >= 4 is 18.0 Å². The molecule has 0 radical (unpaired) electrons. The Morgan fingerprint density at radius 1 is 0.576 bits per heavy atom. The third-order valence-electron chi connectivity index (χ3n) is 12.4. The van der Waals surface area contributed by atoms with Crippen molar-refractivity contribution in [3.8, 4) is 22.3 Å². The van der Waals surface area contributed by atoms with Gasteiger partial charge in [0.15, 0.2) is 5.78 Å². The van der Waals surface area contributed by atoms with Crippen molar-refractivity contribution in [3.63, 3.8) is 0 Å². The van der Waals surface area contributed by atoms with Crippen LogP contribution in [-0.4, -0.2) is 43.8 Å². The minimum atomic E-state index is -0.716. The number of allylic oxidation sites excluding steroid dienone is 14. The highest BCUT2D eigenvalue weighted by molar-refractivity contribution is 5.87. The van der Waals surface area contributed by atoms with Crippen LogP contribution in [0.5, 0.6) is 0 Å². The van der Waals surface area contributed by atoms with Crippen LogP contribution in [0.25, 0.3) is 22.3 Å². The van der Waals surface area contributed by atoms with E-state index in [1.54, 1.807) is 0 Å². The minimum Gasteiger partial charge on any atom is -0.449 e. The average Bonchev–Trinajstić information content (AvgIpc) is 3.82. The number of hydrogen-bond acceptors (Lipinski definition) is 5. The van der Waals surface area contributed by atoms with Gasteiger partial charge in [0.05, 0.1) is 6.04 Å². The summed E-state index contributed by atoms with van der Waals surface area (Å²) in [5.41, 5.74) is 14.0. The van der Waals surface area contributed by atoms with Crippen LogP contribution in [0.3, 0.4) is 0 Å². The maximum atomic E-state index is 13.8. The number of alkyl carbamates (subject to hydrolysis) is 2. The zero-order valence-electron chi connectivity index (χ0n) is 39.4. The fraction of sp³-hybridized carbons (Fsp3) is 0.305. The maximum absolute atomic E-state index is 13.8. The first-order chi connectivity index (χ1) is 32.1. The molecule has 0 spiro atoms. The summed E-state index contributed by atoms with van der Waals surface area (Å²) in [6.07, 6.45) is 24.2. The highest BCUT2D eigenvalue weighted by Crippen LogP contribution is 2.45. The molecule has 0 saturated heterocycles. The highest BCUT2D eigenvalue weighted by atomic mass is 16.6. The molecule has 4 aromatic carbocycles. The number of fused-ring (bicyclic) bond motifs is 6. The Morgan fingerprint density at radius 2 is 1.06 bits per heavy atom. The summed E-state index contributed by atoms with van der Waals surface area (Å²) in [5, 5.41) is 5.80. The minimum absolute atomic E-state index is 0.0166. The third-order valence-corrected chi connectivity index (χ3v) is 12.4. The van der Waals surface area contributed by atoms with E-state index in [1.807, 2.05) is 67.6 Å². The molecular formula is C59H66N2O5. The molecule has 7 heteroatoms. The van der Waals surface area contributed by atoms with Crippen LogP contribution in [-0.2, 0) is 14.3 Å². The largest absolute Gasteiger partial charge is 0.449 e. The Bertz CT molecular complexity index is 2440. The summed E-state index contributed by atoms with van der Waals surface area (Å²) < 4.78 is 11.6. The van der Waals surface area contributed by atoms with Crippen LogP contribution in [0.4, 0.5) is 9.59 Å². The van der Waals surface area contributed by atoms with E-state index in [9.17, 15) is 14.4 Å². The molecule has 0 fully saturated rings. The zero-order valence-corrected chi connectivity index (χ0v) is 39.4. The van der Waals surface area contributed by atoms with Gasteiger partial charge >= 0.3 is 12.2 Å². The lowest BCUT2D eigenvalue weighted by atomic mass is 9.98. The first-order valence-electron chi connectivity index (χ1n) is 23.5. The molecule has 2 aliphatic carbocycles. The SMILES string of the molecule is C/C=C/C=C(C)/C=C/C=C(C)/C=C/C=C(\C)CC/C=C(\C)CCC(=O)[C@@H](CCCCNC(=O)OCC1c2ccccc2-c2ccccc21)NC(=O)OCC1c2ccccc2-c2ccccc21. The number of ether oxygens (including phenoxy) is 2. The van der Waals surface area contributed by atoms with E-state index in [1.165, 1.54) is 27.8 Å². The number of amides is 2. The quantitative estimate of drug-likeness (QED) is 0.0466. The van der Waals surface area contributed by atoms with Crippen molar-refractivity contribution in [2.45, 2.75) is 97.4 Å². The van der Waals surface area contributed by atoms with Gasteiger partial charge in [0.25, 0.3) is 0 Å². The Balaban J connectivity index is 0.983. The zero-order chi connectivity index (χ0) is 46.7. The molecule has 6 rings (SSSR count). The molecule has 2 N–H and O–H groups in total. The Labute approximate surface area is 392 Å². The van der Waals surface area contributed by atoms with E-state index >= 15 is 0 Å². The topological polar surface area (TPSA) is 93.7 Å². The summed E-state index contributed by atoms with van der Waals surface area (Å²) in [5.74, 6) is -0.140. The molecule has 1 atom stereocenters. The molecule has 7 nitrogen and oxygen atoms in total. The van der Waals surface area contributed by atoms with E-state index in [-0.39, 0.29) is 30.8 Å². The highest BCUT2D eigenvalue weighted by Gasteiger charge is 2.31. The van der Waals surface area contributed by atoms with Gasteiger partial charge in [0.2, 0.25) is 0 Å². The van der Waals surface area contributed by atoms with Crippen molar-refractivity contribution in [2.75, 3.05) is 19.8 Å². The lowest BCUT2D eigenvalue weighted by Gasteiger charge is -2.20. The monoisotopic (exact) mass is 882 g/mol. The second-order valence-electron chi connectivity index (χ2n) is 17.4. The lowest BCUT2D eigenvalue weighted by molar-refractivity contribution is -0.121. The Hall–Kier alpha value is -6.73. The van der Waals surface area contributed by atoms with Crippen LogP contribution >= 0.6 is 0 Å². The van der Waals surface area contributed by atoms with Crippen LogP contribution in [0.2, 0.25) is 0 Å². The molecule has 0 aromatic heterocycles. The van der Waals surface area contributed by atoms with Gasteiger partial charge in [-0.2, -0.15) is 0 Å². The number of unbranched alkanes of at least 4 members (excludes halogenated alkanes) is 1. The average molecular weight is 883 g/mol. The van der Waals surface area contributed by atoms with Gasteiger partial charge in [0.1, 0.15) is 13.2 Å². The van der Waals surface area contributed by atoms with E-state index in [2.05, 4.69) is 135 Å². The van der Waals surface area contributed by atoms with Crippen molar-refractivity contribution in [1.29, 1.82) is 0 Å². The molecule has 0 aliphatic heterocycles. The molecule has 2 amide bonds. The fourth-order valence-electron chi connectivity index (χ4n) is 8.71.